The molecule has 3 unspecified atom stereocenters. The number of benzene rings is 1. The molecule has 0 spiro atoms. The third kappa shape index (κ3) is 2.38. The minimum atomic E-state index is -0.395. The number of carbonyl (C=O) groups excluding carboxylic acids is 1. The Morgan fingerprint density at radius 1 is 1.37 bits per heavy atom. The number of rotatable bonds is 3. The van der Waals surface area contributed by atoms with E-state index in [1.54, 1.807) is 25.1 Å². The van der Waals surface area contributed by atoms with Crippen molar-refractivity contribution in [2.45, 2.75) is 32.6 Å². The molecule has 1 amide bonds. The van der Waals surface area contributed by atoms with Crippen LogP contribution >= 0.6 is 0 Å². The molecule has 2 saturated carbocycles. The Bertz CT molecular complexity index is 500. The molecule has 1 aromatic rings. The van der Waals surface area contributed by atoms with Crippen LogP contribution in [0.1, 0.15) is 41.6 Å². The molecule has 2 bridgehead atoms. The first-order valence-electron chi connectivity index (χ1n) is 7.18. The lowest BCUT2D eigenvalue weighted by molar-refractivity contribution is 0.0937. The SMILES string of the molecule is Cc1cccc(C(=O)NCC2CC3CCC2C3)c1F. The quantitative estimate of drug-likeness (QED) is 0.888. The van der Waals surface area contributed by atoms with Crippen LogP contribution in [0.15, 0.2) is 18.2 Å². The minimum Gasteiger partial charge on any atom is -0.352 e. The van der Waals surface area contributed by atoms with Crippen molar-refractivity contribution in [2.75, 3.05) is 6.54 Å². The smallest absolute Gasteiger partial charge is 0.254 e. The van der Waals surface area contributed by atoms with Crippen molar-refractivity contribution < 1.29 is 9.18 Å². The third-order valence-electron chi connectivity index (χ3n) is 4.85. The van der Waals surface area contributed by atoms with Crippen LogP contribution in [0.2, 0.25) is 0 Å². The summed E-state index contributed by atoms with van der Waals surface area (Å²) in [4.78, 5) is 12.0. The van der Waals surface area contributed by atoms with E-state index in [0.29, 0.717) is 18.0 Å². The van der Waals surface area contributed by atoms with Crippen molar-refractivity contribution in [1.82, 2.24) is 5.32 Å². The average molecular weight is 261 g/mol. The van der Waals surface area contributed by atoms with Crippen LogP contribution in [0.25, 0.3) is 0 Å². The van der Waals surface area contributed by atoms with Gasteiger partial charge in [0.1, 0.15) is 5.82 Å². The van der Waals surface area contributed by atoms with E-state index < -0.39 is 5.82 Å². The van der Waals surface area contributed by atoms with Gasteiger partial charge in [-0.25, -0.2) is 4.39 Å². The Hall–Kier alpha value is -1.38. The van der Waals surface area contributed by atoms with Gasteiger partial charge in [-0.3, -0.25) is 4.79 Å². The molecule has 2 fully saturated rings. The number of fused-ring (bicyclic) bond motifs is 2. The van der Waals surface area contributed by atoms with Gasteiger partial charge in [-0.2, -0.15) is 0 Å². The topological polar surface area (TPSA) is 29.1 Å². The first-order chi connectivity index (χ1) is 9.15. The lowest BCUT2D eigenvalue weighted by Crippen LogP contribution is -2.32. The summed E-state index contributed by atoms with van der Waals surface area (Å²) in [5, 5.41) is 2.91. The largest absolute Gasteiger partial charge is 0.352 e. The highest BCUT2D eigenvalue weighted by Crippen LogP contribution is 2.47. The predicted molar refractivity (Wildman–Crippen MR) is 72.4 cm³/mol. The molecule has 3 heteroatoms. The van der Waals surface area contributed by atoms with E-state index in [-0.39, 0.29) is 11.5 Å². The minimum absolute atomic E-state index is 0.170. The first kappa shape index (κ1) is 12.6. The molecule has 2 aliphatic rings. The summed E-state index contributed by atoms with van der Waals surface area (Å²) < 4.78 is 13.8. The molecule has 0 aliphatic heterocycles. The highest BCUT2D eigenvalue weighted by Gasteiger charge is 2.39. The fourth-order valence-corrected chi connectivity index (χ4v) is 3.77. The second-order valence-electron chi connectivity index (χ2n) is 6.08. The van der Waals surface area contributed by atoms with Crippen LogP contribution in [-0.2, 0) is 0 Å². The van der Waals surface area contributed by atoms with E-state index in [2.05, 4.69) is 5.32 Å². The Balaban J connectivity index is 1.61. The maximum absolute atomic E-state index is 13.8. The Morgan fingerprint density at radius 3 is 2.89 bits per heavy atom. The monoisotopic (exact) mass is 261 g/mol. The highest BCUT2D eigenvalue weighted by atomic mass is 19.1. The van der Waals surface area contributed by atoms with E-state index in [1.807, 2.05) is 0 Å². The van der Waals surface area contributed by atoms with Gasteiger partial charge >= 0.3 is 0 Å². The van der Waals surface area contributed by atoms with Crippen molar-refractivity contribution in [1.29, 1.82) is 0 Å². The lowest BCUT2D eigenvalue weighted by atomic mass is 9.89. The number of halogens is 1. The Morgan fingerprint density at radius 2 is 2.21 bits per heavy atom. The summed E-state index contributed by atoms with van der Waals surface area (Å²) in [5.74, 6) is 1.60. The zero-order chi connectivity index (χ0) is 13.4. The molecule has 1 N–H and O–H groups in total. The molecule has 0 aromatic heterocycles. The van der Waals surface area contributed by atoms with Crippen LogP contribution in [-0.4, -0.2) is 12.5 Å². The van der Waals surface area contributed by atoms with E-state index in [1.165, 1.54) is 25.7 Å². The van der Waals surface area contributed by atoms with Crippen molar-refractivity contribution in [3.63, 3.8) is 0 Å². The van der Waals surface area contributed by atoms with E-state index in [0.717, 1.165) is 11.8 Å². The molecule has 2 aliphatic carbocycles. The summed E-state index contributed by atoms with van der Waals surface area (Å²) >= 11 is 0. The van der Waals surface area contributed by atoms with E-state index in [9.17, 15) is 9.18 Å². The summed E-state index contributed by atoms with van der Waals surface area (Å²) in [6.07, 6.45) is 5.24. The molecule has 1 aromatic carbocycles. The molecule has 0 radical (unpaired) electrons. The number of aryl methyl sites for hydroxylation is 1. The number of nitrogens with one attached hydrogen (secondary N) is 1. The van der Waals surface area contributed by atoms with Gasteiger partial charge in [0.15, 0.2) is 0 Å². The second-order valence-corrected chi connectivity index (χ2v) is 6.08. The molecule has 0 heterocycles. The molecule has 3 atom stereocenters. The van der Waals surface area contributed by atoms with Gasteiger partial charge < -0.3 is 5.32 Å². The third-order valence-corrected chi connectivity index (χ3v) is 4.85. The molecule has 0 saturated heterocycles. The van der Waals surface area contributed by atoms with Gasteiger partial charge in [0, 0.05) is 6.54 Å². The Labute approximate surface area is 113 Å². The summed E-state index contributed by atoms with van der Waals surface area (Å²) in [7, 11) is 0. The first-order valence-corrected chi connectivity index (χ1v) is 7.18. The second kappa shape index (κ2) is 4.95. The maximum atomic E-state index is 13.8. The van der Waals surface area contributed by atoms with Crippen LogP contribution < -0.4 is 5.32 Å². The van der Waals surface area contributed by atoms with Gasteiger partial charge in [0.2, 0.25) is 0 Å². The Kier molecular flexibility index (Phi) is 3.29. The maximum Gasteiger partial charge on any atom is 0.254 e. The molecular weight excluding hydrogens is 241 g/mol. The zero-order valence-corrected chi connectivity index (χ0v) is 11.3. The highest BCUT2D eigenvalue weighted by molar-refractivity contribution is 5.94. The van der Waals surface area contributed by atoms with Crippen molar-refractivity contribution in [3.05, 3.63) is 35.1 Å². The van der Waals surface area contributed by atoms with Crippen molar-refractivity contribution in [2.24, 2.45) is 17.8 Å². The van der Waals surface area contributed by atoms with Crippen molar-refractivity contribution in [3.8, 4) is 0 Å². The van der Waals surface area contributed by atoms with Crippen LogP contribution in [0.3, 0.4) is 0 Å². The van der Waals surface area contributed by atoms with E-state index in [4.69, 9.17) is 0 Å². The van der Waals surface area contributed by atoms with Gasteiger partial charge in [0.25, 0.3) is 5.91 Å². The standard InChI is InChI=1S/C16H20FNO/c1-10-3-2-4-14(15(10)17)16(19)18-9-13-8-11-5-6-12(13)7-11/h2-4,11-13H,5-9H2,1H3,(H,18,19). The van der Waals surface area contributed by atoms with Gasteiger partial charge in [-0.05, 0) is 55.6 Å². The van der Waals surface area contributed by atoms with E-state index >= 15 is 0 Å². The predicted octanol–water partition coefficient (Wildman–Crippen LogP) is 3.30. The average Bonchev–Trinajstić information content (AvgIpc) is 3.01. The summed E-state index contributed by atoms with van der Waals surface area (Å²) in [6, 6.07) is 4.96. The van der Waals surface area contributed by atoms with Gasteiger partial charge in [-0.1, -0.05) is 18.6 Å². The number of hydrogen-bond donors (Lipinski definition) is 1. The summed E-state index contributed by atoms with van der Waals surface area (Å²) in [6.45, 7) is 2.38. The number of hydrogen-bond acceptors (Lipinski definition) is 1. The van der Waals surface area contributed by atoms with Gasteiger partial charge in [0.05, 0.1) is 5.56 Å². The normalized spacial score (nSPS) is 28.6. The number of carbonyl (C=O) groups is 1. The van der Waals surface area contributed by atoms with Crippen LogP contribution in [0.4, 0.5) is 4.39 Å². The molecule has 19 heavy (non-hydrogen) atoms. The zero-order valence-electron chi connectivity index (χ0n) is 11.3. The van der Waals surface area contributed by atoms with Gasteiger partial charge in [-0.15, -0.1) is 0 Å². The molecule has 102 valence electrons. The van der Waals surface area contributed by atoms with Crippen molar-refractivity contribution >= 4 is 5.91 Å². The molecule has 3 rings (SSSR count). The summed E-state index contributed by atoms with van der Waals surface area (Å²) in [5.41, 5.74) is 0.690. The fraction of sp³-hybridized carbons (Fsp3) is 0.562. The number of amides is 1. The lowest BCUT2D eigenvalue weighted by Gasteiger charge is -2.21. The fourth-order valence-electron chi connectivity index (χ4n) is 3.77. The molecular formula is C16H20FNO. The van der Waals surface area contributed by atoms with Crippen LogP contribution in [0.5, 0.6) is 0 Å². The molecule has 2 nitrogen and oxygen atoms in total. The van der Waals surface area contributed by atoms with Crippen LogP contribution in [0, 0.1) is 30.5 Å².